The molecule has 3 fully saturated rings. The topological polar surface area (TPSA) is 108 Å². The number of ether oxygens (including phenoxy) is 1. The molecule has 0 aliphatic carbocycles. The smallest absolute Gasteiger partial charge is 0.248 e. The van der Waals surface area contributed by atoms with Crippen LogP contribution in [0.1, 0.15) is 31.9 Å². The van der Waals surface area contributed by atoms with Crippen LogP contribution in [-0.4, -0.2) is 57.0 Å². The summed E-state index contributed by atoms with van der Waals surface area (Å²) in [6, 6.07) is 21.5. The molecule has 43 heavy (non-hydrogen) atoms. The van der Waals surface area contributed by atoms with Crippen molar-refractivity contribution in [2.24, 2.45) is 17.8 Å². The summed E-state index contributed by atoms with van der Waals surface area (Å²) in [5.41, 5.74) is 1.89. The molecule has 0 saturated carbocycles. The average molecular weight is 620 g/mol. The van der Waals surface area contributed by atoms with E-state index in [1.807, 2.05) is 37.3 Å². The number of anilines is 2. The van der Waals surface area contributed by atoms with Crippen molar-refractivity contribution in [2.45, 2.75) is 42.3 Å². The van der Waals surface area contributed by atoms with E-state index in [0.29, 0.717) is 35.2 Å². The summed E-state index contributed by atoms with van der Waals surface area (Å²) in [5.74, 6) is -1.55. The highest BCUT2D eigenvalue weighted by atomic mass is 35.5. The summed E-state index contributed by atoms with van der Waals surface area (Å²) in [4.78, 5) is 44.4. The Bertz CT molecular complexity index is 1510. The first-order valence-electron chi connectivity index (χ1n) is 14.5. The Morgan fingerprint density at radius 3 is 2.28 bits per heavy atom. The molecule has 224 valence electrons. The van der Waals surface area contributed by atoms with Gasteiger partial charge in [-0.05, 0) is 73.4 Å². The summed E-state index contributed by atoms with van der Waals surface area (Å²) in [6.45, 7) is 4.15. The van der Waals surface area contributed by atoms with Gasteiger partial charge in [-0.25, -0.2) is 0 Å². The summed E-state index contributed by atoms with van der Waals surface area (Å²) in [7, 11) is 0. The van der Waals surface area contributed by atoms with Gasteiger partial charge in [0.1, 0.15) is 11.8 Å². The van der Waals surface area contributed by atoms with Gasteiger partial charge in [0.2, 0.25) is 17.7 Å². The van der Waals surface area contributed by atoms with E-state index in [-0.39, 0.29) is 35.5 Å². The first kappa shape index (κ1) is 29.5. The van der Waals surface area contributed by atoms with Crippen LogP contribution in [-0.2, 0) is 14.4 Å². The Morgan fingerprint density at radius 2 is 1.65 bits per heavy atom. The third-order valence-electron chi connectivity index (χ3n) is 8.97. The van der Waals surface area contributed by atoms with Crippen LogP contribution >= 0.6 is 23.4 Å². The maximum Gasteiger partial charge on any atom is 0.248 e. The van der Waals surface area contributed by atoms with Gasteiger partial charge >= 0.3 is 0 Å². The fourth-order valence-electron chi connectivity index (χ4n) is 7.19. The molecule has 0 aromatic heterocycles. The second kappa shape index (κ2) is 11.9. The van der Waals surface area contributed by atoms with E-state index in [9.17, 15) is 19.5 Å². The molecule has 6 rings (SSSR count). The number of likely N-dealkylation sites (tertiary alicyclic amines) is 1. The van der Waals surface area contributed by atoms with Crippen molar-refractivity contribution in [3.05, 3.63) is 89.4 Å². The number of hydrogen-bond donors (Lipinski definition) is 3. The Kier molecular flexibility index (Phi) is 8.15. The number of amides is 3. The maximum absolute atomic E-state index is 14.6. The number of halogens is 1. The summed E-state index contributed by atoms with van der Waals surface area (Å²) < 4.78 is 4.67. The number of benzene rings is 3. The van der Waals surface area contributed by atoms with E-state index < -0.39 is 28.7 Å². The molecule has 1 spiro atoms. The van der Waals surface area contributed by atoms with Crippen LogP contribution in [0.15, 0.2) is 78.9 Å². The van der Waals surface area contributed by atoms with Crippen molar-refractivity contribution in [3.63, 3.8) is 0 Å². The van der Waals surface area contributed by atoms with Gasteiger partial charge in [0.25, 0.3) is 0 Å². The molecule has 3 heterocycles. The van der Waals surface area contributed by atoms with Gasteiger partial charge in [-0.1, -0.05) is 48.9 Å². The van der Waals surface area contributed by atoms with Gasteiger partial charge in [-0.15, -0.1) is 11.8 Å². The lowest BCUT2D eigenvalue weighted by molar-refractivity contribution is -0.141. The lowest BCUT2D eigenvalue weighted by atomic mass is 9.66. The summed E-state index contributed by atoms with van der Waals surface area (Å²) in [6.07, 6.45) is 0.698. The third-order valence-corrected chi connectivity index (χ3v) is 11.3. The number of nitrogens with one attached hydrogen (secondary N) is 2. The predicted octanol–water partition coefficient (Wildman–Crippen LogP) is 5.39. The number of carbonyl (C=O) groups is 3. The van der Waals surface area contributed by atoms with Gasteiger partial charge in [0, 0.05) is 21.6 Å². The molecule has 3 N–H and O–H groups in total. The molecule has 3 saturated heterocycles. The minimum absolute atomic E-state index is 0.0212. The van der Waals surface area contributed by atoms with Crippen LogP contribution in [0.2, 0.25) is 5.02 Å². The van der Waals surface area contributed by atoms with Crippen LogP contribution in [0.3, 0.4) is 0 Å². The number of aliphatic hydroxyl groups excluding tert-OH is 1. The van der Waals surface area contributed by atoms with E-state index in [1.54, 1.807) is 65.2 Å². The van der Waals surface area contributed by atoms with Gasteiger partial charge in [0.05, 0.1) is 35.8 Å². The van der Waals surface area contributed by atoms with Crippen LogP contribution in [0.4, 0.5) is 11.4 Å². The Labute approximate surface area is 260 Å². The van der Waals surface area contributed by atoms with E-state index in [4.69, 9.17) is 16.3 Å². The molecule has 3 aromatic carbocycles. The highest BCUT2D eigenvalue weighted by Gasteiger charge is 2.76. The van der Waals surface area contributed by atoms with Crippen molar-refractivity contribution >= 4 is 52.5 Å². The molecular weight excluding hydrogens is 586 g/mol. The highest BCUT2D eigenvalue weighted by Crippen LogP contribution is 2.69. The van der Waals surface area contributed by atoms with Crippen LogP contribution in [0, 0.1) is 17.8 Å². The Morgan fingerprint density at radius 1 is 1.02 bits per heavy atom. The Balaban J connectivity index is 1.38. The number of rotatable bonds is 9. The minimum atomic E-state index is -0.911. The zero-order chi connectivity index (χ0) is 30.3. The maximum atomic E-state index is 14.6. The zero-order valence-electron chi connectivity index (χ0n) is 23.9. The molecular formula is C33H34ClN3O5S. The molecule has 3 amide bonds. The molecule has 3 aliphatic heterocycles. The van der Waals surface area contributed by atoms with Crippen molar-refractivity contribution in [2.75, 3.05) is 23.8 Å². The van der Waals surface area contributed by atoms with Crippen molar-refractivity contribution in [1.82, 2.24) is 4.90 Å². The van der Waals surface area contributed by atoms with Gasteiger partial charge < -0.3 is 25.4 Å². The molecule has 0 radical (unpaired) electrons. The normalized spacial score (nSPS) is 28.0. The largest absolute Gasteiger partial charge is 0.494 e. The second-order valence-corrected chi connectivity index (χ2v) is 13.3. The third kappa shape index (κ3) is 5.07. The molecule has 10 heteroatoms. The van der Waals surface area contributed by atoms with Gasteiger partial charge in [-0.2, -0.15) is 0 Å². The van der Waals surface area contributed by atoms with Crippen LogP contribution in [0.25, 0.3) is 0 Å². The number of thioether (sulfide) groups is 1. The molecule has 3 aromatic rings. The predicted molar refractivity (Wildman–Crippen MR) is 168 cm³/mol. The number of aliphatic hydroxyl groups is 1. The van der Waals surface area contributed by atoms with Gasteiger partial charge in [0.15, 0.2) is 0 Å². The lowest BCUT2D eigenvalue weighted by Crippen LogP contribution is -2.55. The fraction of sp³-hybridized carbons (Fsp3) is 0.364. The van der Waals surface area contributed by atoms with Gasteiger partial charge in [-0.3, -0.25) is 14.4 Å². The molecule has 3 unspecified atom stereocenters. The summed E-state index contributed by atoms with van der Waals surface area (Å²) >= 11 is 7.66. The standard InChI is InChI=1S/C33H34ClN3O5S/c1-3-42-24-15-13-23(14-16-24)35-30(39)27-26-17-19(2)33(43-26)28(27)32(41)37(25(18-38)20-7-5-4-6-8-20)29(33)31(40)36-22-11-9-21(34)10-12-22/h4-16,19,25-29,38H,3,17-18H2,1-2H3,(H,35,39)(H,36,40)/t19?,25-,26+,27-,28+,29?,33?/m1/s1. The van der Waals surface area contributed by atoms with Crippen LogP contribution in [0.5, 0.6) is 5.75 Å². The zero-order valence-corrected chi connectivity index (χ0v) is 25.5. The summed E-state index contributed by atoms with van der Waals surface area (Å²) in [5, 5.41) is 17.1. The fourth-order valence-corrected chi connectivity index (χ4v) is 9.73. The molecule has 2 bridgehead atoms. The Hall–Kier alpha value is -3.53. The highest BCUT2D eigenvalue weighted by molar-refractivity contribution is 8.02. The SMILES string of the molecule is CCOc1ccc(NC(=O)[C@@H]2[C@@H]3CC(C)C4(S3)C(C(=O)Nc3ccc(Cl)cc3)N([C@H](CO)c3ccccc3)C(=O)[C@H]24)cc1. The first-order chi connectivity index (χ1) is 20.8. The number of hydrogen-bond acceptors (Lipinski definition) is 6. The number of carbonyl (C=O) groups excluding carboxylic acids is 3. The molecule has 3 aliphatic rings. The molecule has 8 nitrogen and oxygen atoms in total. The van der Waals surface area contributed by atoms with Crippen molar-refractivity contribution in [3.8, 4) is 5.75 Å². The monoisotopic (exact) mass is 619 g/mol. The van der Waals surface area contributed by atoms with E-state index in [1.165, 1.54) is 0 Å². The number of nitrogens with zero attached hydrogens (tertiary/aromatic N) is 1. The molecule has 7 atom stereocenters. The second-order valence-electron chi connectivity index (χ2n) is 11.3. The van der Waals surface area contributed by atoms with Crippen LogP contribution < -0.4 is 15.4 Å². The number of fused-ring (bicyclic) bond motifs is 1. The first-order valence-corrected chi connectivity index (χ1v) is 15.8. The van der Waals surface area contributed by atoms with E-state index in [2.05, 4.69) is 17.6 Å². The van der Waals surface area contributed by atoms with E-state index >= 15 is 0 Å². The quantitative estimate of drug-likeness (QED) is 0.297. The van der Waals surface area contributed by atoms with Crippen molar-refractivity contribution < 1.29 is 24.2 Å². The van der Waals surface area contributed by atoms with Crippen molar-refractivity contribution in [1.29, 1.82) is 0 Å². The van der Waals surface area contributed by atoms with E-state index in [0.717, 1.165) is 5.56 Å². The lowest BCUT2D eigenvalue weighted by Gasteiger charge is -2.40. The average Bonchev–Trinajstić information content (AvgIpc) is 3.60. The minimum Gasteiger partial charge on any atom is -0.494 e.